The molecule has 0 spiro atoms. The van der Waals surface area contributed by atoms with E-state index in [1.807, 2.05) is 0 Å². The normalized spacial score (nSPS) is 11.4. The van der Waals surface area contributed by atoms with Crippen LogP contribution in [0.15, 0.2) is 23.0 Å². The summed E-state index contributed by atoms with van der Waals surface area (Å²) in [5, 5.41) is 0. The molecular formula is C11H11F2N3O. The smallest absolute Gasteiger partial charge is 0.283 e. The van der Waals surface area contributed by atoms with Gasteiger partial charge in [-0.15, -0.1) is 0 Å². The number of hydrogen-bond donors (Lipinski definition) is 0. The molecular weight excluding hydrogens is 228 g/mol. The third-order valence-corrected chi connectivity index (χ3v) is 2.21. The minimum Gasteiger partial charge on any atom is -0.439 e. The molecule has 4 nitrogen and oxygen atoms in total. The van der Waals surface area contributed by atoms with Crippen LogP contribution < -0.4 is 0 Å². The van der Waals surface area contributed by atoms with Crippen LogP contribution in [0.3, 0.4) is 0 Å². The van der Waals surface area contributed by atoms with E-state index in [9.17, 15) is 8.78 Å². The Kier molecular flexibility index (Phi) is 3.12. The number of nitrogens with zero attached hydrogens (tertiary/aromatic N) is 3. The average Bonchev–Trinajstić information content (AvgIpc) is 2.75. The number of hydrogen-bond acceptors (Lipinski definition) is 4. The molecule has 0 unspecified atom stereocenters. The molecule has 0 bridgehead atoms. The second-order valence-corrected chi connectivity index (χ2v) is 3.82. The molecule has 0 fully saturated rings. The summed E-state index contributed by atoms with van der Waals surface area (Å²) in [6.45, 7) is 3.55. The first kappa shape index (κ1) is 11.6. The summed E-state index contributed by atoms with van der Waals surface area (Å²) in [5.74, 6) is 0.155. The number of alkyl halides is 2. The molecule has 2 aromatic heterocycles. The molecule has 90 valence electrons. The van der Waals surface area contributed by atoms with Crippen molar-refractivity contribution in [2.45, 2.75) is 26.2 Å². The van der Waals surface area contributed by atoms with Crippen LogP contribution in [-0.4, -0.2) is 15.0 Å². The molecule has 0 aromatic carbocycles. The van der Waals surface area contributed by atoms with Gasteiger partial charge in [-0.3, -0.25) is 0 Å². The van der Waals surface area contributed by atoms with Gasteiger partial charge < -0.3 is 4.42 Å². The minimum atomic E-state index is -2.65. The van der Waals surface area contributed by atoms with Gasteiger partial charge in [0, 0.05) is 12.1 Å². The standard InChI is InChI=1S/C11H11F2N3O/c1-6(2)9-8(10(12)13)16-11(17-9)7-3-4-14-5-15-7/h3-6,10H,1-2H3. The second kappa shape index (κ2) is 4.57. The van der Waals surface area contributed by atoms with Crippen LogP contribution in [-0.2, 0) is 0 Å². The predicted molar refractivity (Wildman–Crippen MR) is 56.6 cm³/mol. The molecule has 0 amide bonds. The highest BCUT2D eigenvalue weighted by Crippen LogP contribution is 2.31. The van der Waals surface area contributed by atoms with Gasteiger partial charge in [-0.2, -0.15) is 0 Å². The summed E-state index contributed by atoms with van der Waals surface area (Å²) in [5.41, 5.74) is 0.0856. The van der Waals surface area contributed by atoms with E-state index < -0.39 is 6.43 Å². The van der Waals surface area contributed by atoms with Crippen molar-refractivity contribution in [1.82, 2.24) is 15.0 Å². The first-order valence-electron chi connectivity index (χ1n) is 5.14. The minimum absolute atomic E-state index is 0.103. The molecule has 0 saturated carbocycles. The Morgan fingerprint density at radius 1 is 1.29 bits per heavy atom. The Morgan fingerprint density at radius 2 is 2.06 bits per heavy atom. The average molecular weight is 239 g/mol. The molecule has 0 aliphatic rings. The topological polar surface area (TPSA) is 51.8 Å². The molecule has 2 heterocycles. The lowest BCUT2D eigenvalue weighted by Gasteiger charge is -2.01. The van der Waals surface area contributed by atoms with E-state index in [1.165, 1.54) is 12.5 Å². The van der Waals surface area contributed by atoms with Crippen LogP contribution in [0.25, 0.3) is 11.6 Å². The Balaban J connectivity index is 2.48. The van der Waals surface area contributed by atoms with Gasteiger partial charge in [0.1, 0.15) is 23.5 Å². The summed E-state index contributed by atoms with van der Waals surface area (Å²) in [6, 6.07) is 1.56. The molecule has 0 radical (unpaired) electrons. The van der Waals surface area contributed by atoms with Gasteiger partial charge in [0.05, 0.1) is 0 Å². The van der Waals surface area contributed by atoms with Crippen LogP contribution >= 0.6 is 0 Å². The van der Waals surface area contributed by atoms with Gasteiger partial charge in [-0.25, -0.2) is 23.7 Å². The summed E-state index contributed by atoms with van der Waals surface area (Å²) >= 11 is 0. The second-order valence-electron chi connectivity index (χ2n) is 3.82. The SMILES string of the molecule is CC(C)c1oc(-c2ccncn2)nc1C(F)F. The van der Waals surface area contributed by atoms with Crippen molar-refractivity contribution in [3.05, 3.63) is 30.0 Å². The van der Waals surface area contributed by atoms with Gasteiger partial charge in [0.25, 0.3) is 6.43 Å². The highest BCUT2D eigenvalue weighted by atomic mass is 19.3. The van der Waals surface area contributed by atoms with Crippen molar-refractivity contribution >= 4 is 0 Å². The van der Waals surface area contributed by atoms with E-state index in [2.05, 4.69) is 15.0 Å². The van der Waals surface area contributed by atoms with Crippen molar-refractivity contribution in [2.75, 3.05) is 0 Å². The zero-order valence-electron chi connectivity index (χ0n) is 9.39. The van der Waals surface area contributed by atoms with Crippen molar-refractivity contribution in [2.24, 2.45) is 0 Å². The molecule has 0 aliphatic carbocycles. The lowest BCUT2D eigenvalue weighted by molar-refractivity contribution is 0.143. The maximum absolute atomic E-state index is 12.8. The molecule has 0 saturated heterocycles. The van der Waals surface area contributed by atoms with E-state index in [-0.39, 0.29) is 23.3 Å². The fourth-order valence-corrected chi connectivity index (χ4v) is 1.44. The van der Waals surface area contributed by atoms with Gasteiger partial charge in [-0.1, -0.05) is 13.8 Å². The molecule has 17 heavy (non-hydrogen) atoms. The third-order valence-electron chi connectivity index (χ3n) is 2.21. The van der Waals surface area contributed by atoms with Crippen molar-refractivity contribution in [1.29, 1.82) is 0 Å². The van der Waals surface area contributed by atoms with E-state index in [1.54, 1.807) is 19.9 Å². The van der Waals surface area contributed by atoms with Crippen molar-refractivity contribution in [3.63, 3.8) is 0 Å². The quantitative estimate of drug-likeness (QED) is 0.825. The molecule has 2 aromatic rings. The van der Waals surface area contributed by atoms with E-state index in [0.29, 0.717) is 5.69 Å². The number of oxazole rings is 1. The molecule has 0 aliphatic heterocycles. The van der Waals surface area contributed by atoms with Gasteiger partial charge in [0.15, 0.2) is 0 Å². The van der Waals surface area contributed by atoms with E-state index in [0.717, 1.165) is 0 Å². The fourth-order valence-electron chi connectivity index (χ4n) is 1.44. The fraction of sp³-hybridized carbons (Fsp3) is 0.364. The summed E-state index contributed by atoms with van der Waals surface area (Å²) in [6.07, 6.45) is 0.173. The zero-order valence-corrected chi connectivity index (χ0v) is 9.39. The molecule has 2 rings (SSSR count). The van der Waals surface area contributed by atoms with Crippen LogP contribution in [0.5, 0.6) is 0 Å². The monoisotopic (exact) mass is 239 g/mol. The third kappa shape index (κ3) is 2.30. The van der Waals surface area contributed by atoms with Crippen LogP contribution in [0.2, 0.25) is 0 Å². The number of rotatable bonds is 3. The molecule has 0 N–H and O–H groups in total. The van der Waals surface area contributed by atoms with Crippen LogP contribution in [0.4, 0.5) is 8.78 Å². The lowest BCUT2D eigenvalue weighted by Crippen LogP contribution is -1.93. The highest BCUT2D eigenvalue weighted by Gasteiger charge is 2.24. The Hall–Kier alpha value is -1.85. The lowest BCUT2D eigenvalue weighted by atomic mass is 10.1. The van der Waals surface area contributed by atoms with Gasteiger partial charge >= 0.3 is 0 Å². The zero-order chi connectivity index (χ0) is 12.4. The molecule has 0 atom stereocenters. The largest absolute Gasteiger partial charge is 0.439 e. The highest BCUT2D eigenvalue weighted by molar-refractivity contribution is 5.46. The Labute approximate surface area is 96.7 Å². The predicted octanol–water partition coefficient (Wildman–Crippen LogP) is 3.19. The number of aromatic nitrogens is 3. The van der Waals surface area contributed by atoms with Gasteiger partial charge in [-0.05, 0) is 6.07 Å². The maximum atomic E-state index is 12.8. The summed E-state index contributed by atoms with van der Waals surface area (Å²) < 4.78 is 30.9. The van der Waals surface area contributed by atoms with Crippen LogP contribution in [0.1, 0.15) is 37.6 Å². The Bertz CT molecular complexity index is 471. The summed E-state index contributed by atoms with van der Waals surface area (Å²) in [4.78, 5) is 11.4. The Morgan fingerprint density at radius 3 is 2.53 bits per heavy atom. The summed E-state index contributed by atoms with van der Waals surface area (Å²) in [7, 11) is 0. The first-order chi connectivity index (χ1) is 8.09. The van der Waals surface area contributed by atoms with Crippen molar-refractivity contribution < 1.29 is 13.2 Å². The van der Waals surface area contributed by atoms with Gasteiger partial charge in [0.2, 0.25) is 5.89 Å². The maximum Gasteiger partial charge on any atom is 0.283 e. The van der Waals surface area contributed by atoms with Crippen molar-refractivity contribution in [3.8, 4) is 11.6 Å². The van der Waals surface area contributed by atoms with E-state index >= 15 is 0 Å². The number of halogens is 2. The van der Waals surface area contributed by atoms with E-state index in [4.69, 9.17) is 4.42 Å². The van der Waals surface area contributed by atoms with Crippen LogP contribution in [0, 0.1) is 0 Å². The first-order valence-corrected chi connectivity index (χ1v) is 5.14. The molecule has 6 heteroatoms.